The summed E-state index contributed by atoms with van der Waals surface area (Å²) >= 11 is 0. The van der Waals surface area contributed by atoms with Crippen molar-refractivity contribution in [1.82, 2.24) is 5.32 Å². The molecule has 1 unspecified atom stereocenters. The van der Waals surface area contributed by atoms with Gasteiger partial charge in [0.15, 0.2) is 0 Å². The van der Waals surface area contributed by atoms with Crippen LogP contribution < -0.4 is 15.8 Å². The summed E-state index contributed by atoms with van der Waals surface area (Å²) in [5.41, 5.74) is 6.22. The minimum atomic E-state index is -0.544. The number of aryl methyl sites for hydroxylation is 1. The van der Waals surface area contributed by atoms with Crippen LogP contribution in [-0.4, -0.2) is 25.1 Å². The maximum absolute atomic E-state index is 11.9. The third kappa shape index (κ3) is 4.91. The Hall–Kier alpha value is -1.55. The standard InChI is InChI=1S/C15H24N2O2/c1-11-5-7-13(8-6-11)19-9-12(2)17-14(18)15(3,4)10-16/h5-8,12H,9-10,16H2,1-4H3,(H,17,18). The molecule has 0 saturated heterocycles. The quantitative estimate of drug-likeness (QED) is 0.824. The second-order valence-electron chi connectivity index (χ2n) is 5.59. The topological polar surface area (TPSA) is 64.3 Å². The van der Waals surface area contributed by atoms with Crippen molar-refractivity contribution in [3.05, 3.63) is 29.8 Å². The molecule has 0 fully saturated rings. The van der Waals surface area contributed by atoms with E-state index in [1.807, 2.05) is 52.0 Å². The second-order valence-corrected chi connectivity index (χ2v) is 5.59. The fourth-order valence-electron chi connectivity index (χ4n) is 1.41. The number of nitrogens with two attached hydrogens (primary N) is 1. The third-order valence-corrected chi connectivity index (χ3v) is 3.02. The molecule has 0 aliphatic carbocycles. The molecular weight excluding hydrogens is 240 g/mol. The van der Waals surface area contributed by atoms with Gasteiger partial charge in [-0.1, -0.05) is 17.7 Å². The number of hydrogen-bond acceptors (Lipinski definition) is 3. The number of ether oxygens (including phenoxy) is 1. The van der Waals surface area contributed by atoms with Crippen molar-refractivity contribution in [1.29, 1.82) is 0 Å². The Kier molecular flexibility index (Phi) is 5.36. The summed E-state index contributed by atoms with van der Waals surface area (Å²) in [6, 6.07) is 7.78. The number of carbonyl (C=O) groups excluding carboxylic acids is 1. The van der Waals surface area contributed by atoms with Crippen LogP contribution >= 0.6 is 0 Å². The number of benzene rings is 1. The minimum absolute atomic E-state index is 0.0463. The van der Waals surface area contributed by atoms with Crippen molar-refractivity contribution in [2.75, 3.05) is 13.2 Å². The third-order valence-electron chi connectivity index (χ3n) is 3.02. The fraction of sp³-hybridized carbons (Fsp3) is 0.533. The van der Waals surface area contributed by atoms with E-state index in [4.69, 9.17) is 10.5 Å². The first-order chi connectivity index (χ1) is 8.85. The van der Waals surface area contributed by atoms with Crippen LogP contribution in [0.4, 0.5) is 0 Å². The van der Waals surface area contributed by atoms with Crippen LogP contribution in [-0.2, 0) is 4.79 Å². The average Bonchev–Trinajstić information content (AvgIpc) is 2.38. The van der Waals surface area contributed by atoms with Crippen molar-refractivity contribution in [2.45, 2.75) is 33.7 Å². The number of carbonyl (C=O) groups is 1. The summed E-state index contributed by atoms with van der Waals surface area (Å²) in [6.45, 7) is 8.37. The average molecular weight is 264 g/mol. The first kappa shape index (κ1) is 15.5. The van der Waals surface area contributed by atoms with E-state index in [-0.39, 0.29) is 11.9 Å². The SMILES string of the molecule is Cc1ccc(OCC(C)NC(=O)C(C)(C)CN)cc1. The molecule has 0 bridgehead atoms. The Morgan fingerprint density at radius 3 is 2.47 bits per heavy atom. The van der Waals surface area contributed by atoms with Gasteiger partial charge in [0.1, 0.15) is 12.4 Å². The zero-order valence-electron chi connectivity index (χ0n) is 12.2. The number of hydrogen-bond donors (Lipinski definition) is 2. The normalized spacial score (nSPS) is 12.9. The van der Waals surface area contributed by atoms with Crippen LogP contribution in [0.5, 0.6) is 5.75 Å². The zero-order valence-corrected chi connectivity index (χ0v) is 12.2. The molecule has 0 aromatic heterocycles. The van der Waals surface area contributed by atoms with E-state index in [1.165, 1.54) is 5.56 Å². The fourth-order valence-corrected chi connectivity index (χ4v) is 1.41. The summed E-state index contributed by atoms with van der Waals surface area (Å²) < 4.78 is 5.62. The van der Waals surface area contributed by atoms with Gasteiger partial charge in [-0.15, -0.1) is 0 Å². The lowest BCUT2D eigenvalue weighted by Gasteiger charge is -2.24. The molecule has 4 heteroatoms. The van der Waals surface area contributed by atoms with Gasteiger partial charge in [0, 0.05) is 6.54 Å². The summed E-state index contributed by atoms with van der Waals surface area (Å²) in [6.07, 6.45) is 0. The molecule has 1 rings (SSSR count). The first-order valence-electron chi connectivity index (χ1n) is 6.55. The van der Waals surface area contributed by atoms with Gasteiger partial charge in [0.05, 0.1) is 11.5 Å². The number of amides is 1. The Morgan fingerprint density at radius 2 is 1.95 bits per heavy atom. The van der Waals surface area contributed by atoms with Crippen molar-refractivity contribution in [2.24, 2.45) is 11.1 Å². The van der Waals surface area contributed by atoms with E-state index < -0.39 is 5.41 Å². The minimum Gasteiger partial charge on any atom is -0.491 e. The lowest BCUT2D eigenvalue weighted by molar-refractivity contribution is -0.129. The molecule has 1 atom stereocenters. The molecular formula is C15H24N2O2. The molecule has 1 aromatic rings. The molecule has 0 saturated carbocycles. The van der Waals surface area contributed by atoms with Gasteiger partial charge in [-0.3, -0.25) is 4.79 Å². The largest absolute Gasteiger partial charge is 0.491 e. The van der Waals surface area contributed by atoms with Crippen LogP contribution in [0.15, 0.2) is 24.3 Å². The molecule has 0 spiro atoms. The maximum atomic E-state index is 11.9. The van der Waals surface area contributed by atoms with Crippen LogP contribution in [0.1, 0.15) is 26.3 Å². The smallest absolute Gasteiger partial charge is 0.227 e. The number of nitrogens with one attached hydrogen (secondary N) is 1. The van der Waals surface area contributed by atoms with Gasteiger partial charge in [-0.25, -0.2) is 0 Å². The molecule has 1 amide bonds. The predicted octanol–water partition coefficient (Wildman–Crippen LogP) is 1.86. The highest BCUT2D eigenvalue weighted by molar-refractivity contribution is 5.82. The van der Waals surface area contributed by atoms with E-state index in [0.29, 0.717) is 13.2 Å². The Balaban J connectivity index is 2.42. The van der Waals surface area contributed by atoms with Crippen LogP contribution in [0.25, 0.3) is 0 Å². The highest BCUT2D eigenvalue weighted by Gasteiger charge is 2.26. The molecule has 4 nitrogen and oxygen atoms in total. The molecule has 106 valence electrons. The van der Waals surface area contributed by atoms with Crippen molar-refractivity contribution < 1.29 is 9.53 Å². The summed E-state index contributed by atoms with van der Waals surface area (Å²) in [5, 5.41) is 2.91. The Labute approximate surface area is 115 Å². The summed E-state index contributed by atoms with van der Waals surface area (Å²) in [4.78, 5) is 11.9. The van der Waals surface area contributed by atoms with Gasteiger partial charge in [-0.05, 0) is 39.8 Å². The Morgan fingerprint density at radius 1 is 1.37 bits per heavy atom. The lowest BCUT2D eigenvalue weighted by atomic mass is 9.92. The summed E-state index contributed by atoms with van der Waals surface area (Å²) in [7, 11) is 0. The molecule has 3 N–H and O–H groups in total. The van der Waals surface area contributed by atoms with E-state index in [0.717, 1.165) is 5.75 Å². The molecule has 0 aliphatic rings. The second kappa shape index (κ2) is 6.57. The van der Waals surface area contributed by atoms with E-state index >= 15 is 0 Å². The first-order valence-corrected chi connectivity index (χ1v) is 6.55. The van der Waals surface area contributed by atoms with Crippen molar-refractivity contribution in [3.8, 4) is 5.75 Å². The van der Waals surface area contributed by atoms with Crippen molar-refractivity contribution in [3.63, 3.8) is 0 Å². The van der Waals surface area contributed by atoms with E-state index in [1.54, 1.807) is 0 Å². The number of rotatable bonds is 6. The molecule has 0 heterocycles. The van der Waals surface area contributed by atoms with Gasteiger partial charge < -0.3 is 15.8 Å². The van der Waals surface area contributed by atoms with Crippen LogP contribution in [0.2, 0.25) is 0 Å². The summed E-state index contributed by atoms with van der Waals surface area (Å²) in [5.74, 6) is 0.764. The predicted molar refractivity (Wildman–Crippen MR) is 77.1 cm³/mol. The van der Waals surface area contributed by atoms with E-state index in [9.17, 15) is 4.79 Å². The van der Waals surface area contributed by atoms with Gasteiger partial charge in [-0.2, -0.15) is 0 Å². The highest BCUT2D eigenvalue weighted by atomic mass is 16.5. The van der Waals surface area contributed by atoms with Crippen molar-refractivity contribution >= 4 is 5.91 Å². The Bertz CT molecular complexity index is 413. The molecule has 0 aliphatic heterocycles. The highest BCUT2D eigenvalue weighted by Crippen LogP contribution is 2.14. The lowest BCUT2D eigenvalue weighted by Crippen LogP contribution is -2.46. The van der Waals surface area contributed by atoms with Crippen LogP contribution in [0, 0.1) is 12.3 Å². The monoisotopic (exact) mass is 264 g/mol. The van der Waals surface area contributed by atoms with Gasteiger partial charge >= 0.3 is 0 Å². The van der Waals surface area contributed by atoms with Gasteiger partial charge in [0.25, 0.3) is 0 Å². The maximum Gasteiger partial charge on any atom is 0.227 e. The van der Waals surface area contributed by atoms with Gasteiger partial charge in [0.2, 0.25) is 5.91 Å². The molecule has 0 radical (unpaired) electrons. The molecule has 19 heavy (non-hydrogen) atoms. The molecule has 1 aromatic carbocycles. The zero-order chi connectivity index (χ0) is 14.5. The van der Waals surface area contributed by atoms with E-state index in [2.05, 4.69) is 5.32 Å². The van der Waals surface area contributed by atoms with Crippen LogP contribution in [0.3, 0.4) is 0 Å².